The molecule has 15 heavy (non-hydrogen) atoms. The second kappa shape index (κ2) is 4.77. The standard InChI is InChI=1S/C12H20O3/c1-4-15-11(14)8-9-6-5-7-10(13)12(9,2)3/h9H,4-8H2,1-3H3/t9-/m1/s1. The average Bonchev–Trinajstić information content (AvgIpc) is 2.14. The smallest absolute Gasteiger partial charge is 0.306 e. The molecular formula is C12H20O3. The zero-order valence-corrected chi connectivity index (χ0v) is 9.84. The summed E-state index contributed by atoms with van der Waals surface area (Å²) in [7, 11) is 0. The van der Waals surface area contributed by atoms with Crippen molar-refractivity contribution >= 4 is 11.8 Å². The monoisotopic (exact) mass is 212 g/mol. The van der Waals surface area contributed by atoms with Crippen LogP contribution in [0.5, 0.6) is 0 Å². The zero-order valence-electron chi connectivity index (χ0n) is 9.84. The molecule has 0 aromatic rings. The van der Waals surface area contributed by atoms with Gasteiger partial charge in [-0.3, -0.25) is 9.59 Å². The molecule has 0 amide bonds. The number of rotatable bonds is 3. The average molecular weight is 212 g/mol. The van der Waals surface area contributed by atoms with E-state index in [2.05, 4.69) is 0 Å². The highest BCUT2D eigenvalue weighted by molar-refractivity contribution is 5.85. The lowest BCUT2D eigenvalue weighted by atomic mass is 9.67. The largest absolute Gasteiger partial charge is 0.466 e. The maximum Gasteiger partial charge on any atom is 0.306 e. The molecule has 0 aromatic carbocycles. The van der Waals surface area contributed by atoms with Gasteiger partial charge in [-0.1, -0.05) is 13.8 Å². The Bertz CT molecular complexity index is 256. The van der Waals surface area contributed by atoms with Crippen LogP contribution in [-0.2, 0) is 14.3 Å². The molecule has 1 aliphatic carbocycles. The molecule has 0 unspecified atom stereocenters. The third-order valence-corrected chi connectivity index (χ3v) is 3.41. The summed E-state index contributed by atoms with van der Waals surface area (Å²) in [6.45, 7) is 6.10. The Morgan fingerprint density at radius 1 is 1.53 bits per heavy atom. The first-order valence-electron chi connectivity index (χ1n) is 5.67. The van der Waals surface area contributed by atoms with Crippen molar-refractivity contribution in [2.24, 2.45) is 11.3 Å². The van der Waals surface area contributed by atoms with Crippen molar-refractivity contribution in [2.75, 3.05) is 6.61 Å². The van der Waals surface area contributed by atoms with Gasteiger partial charge in [0.15, 0.2) is 0 Å². The maximum absolute atomic E-state index is 11.7. The van der Waals surface area contributed by atoms with E-state index in [9.17, 15) is 9.59 Å². The molecule has 3 heteroatoms. The van der Waals surface area contributed by atoms with Gasteiger partial charge in [0.25, 0.3) is 0 Å². The Balaban J connectivity index is 2.60. The molecule has 0 radical (unpaired) electrons. The topological polar surface area (TPSA) is 43.4 Å². The number of ketones is 1. The minimum absolute atomic E-state index is 0.151. The predicted octanol–water partition coefficient (Wildman–Crippen LogP) is 2.33. The Labute approximate surface area is 91.2 Å². The molecule has 1 rings (SSSR count). The zero-order chi connectivity index (χ0) is 11.5. The molecular weight excluding hydrogens is 192 g/mol. The minimum atomic E-state index is -0.356. The van der Waals surface area contributed by atoms with E-state index in [0.717, 1.165) is 12.8 Å². The van der Waals surface area contributed by atoms with Crippen LogP contribution in [0.4, 0.5) is 0 Å². The number of carbonyl (C=O) groups is 2. The summed E-state index contributed by atoms with van der Waals surface area (Å²) >= 11 is 0. The Morgan fingerprint density at radius 2 is 2.20 bits per heavy atom. The fraction of sp³-hybridized carbons (Fsp3) is 0.833. The Morgan fingerprint density at radius 3 is 2.80 bits per heavy atom. The van der Waals surface area contributed by atoms with Crippen LogP contribution in [0.25, 0.3) is 0 Å². The van der Waals surface area contributed by atoms with Crippen molar-refractivity contribution in [1.29, 1.82) is 0 Å². The molecule has 3 nitrogen and oxygen atoms in total. The van der Waals surface area contributed by atoms with Gasteiger partial charge < -0.3 is 4.74 Å². The molecule has 0 spiro atoms. The van der Waals surface area contributed by atoms with Crippen molar-refractivity contribution < 1.29 is 14.3 Å². The number of hydrogen-bond acceptors (Lipinski definition) is 3. The summed E-state index contributed by atoms with van der Waals surface area (Å²) in [5.41, 5.74) is -0.356. The number of hydrogen-bond donors (Lipinski definition) is 0. The number of Topliss-reactive ketones (excluding diaryl/α,β-unsaturated/α-hetero) is 1. The lowest BCUT2D eigenvalue weighted by molar-refractivity contribution is -0.147. The van der Waals surface area contributed by atoms with E-state index in [1.807, 2.05) is 13.8 Å². The summed E-state index contributed by atoms with van der Waals surface area (Å²) in [6, 6.07) is 0. The fourth-order valence-electron chi connectivity index (χ4n) is 2.20. The van der Waals surface area contributed by atoms with Crippen molar-refractivity contribution in [3.63, 3.8) is 0 Å². The molecule has 1 aliphatic rings. The maximum atomic E-state index is 11.7. The number of carbonyl (C=O) groups excluding carboxylic acids is 2. The first-order valence-corrected chi connectivity index (χ1v) is 5.67. The normalized spacial score (nSPS) is 25.0. The number of ether oxygens (including phenoxy) is 1. The summed E-state index contributed by atoms with van der Waals surface area (Å²) in [5.74, 6) is 0.256. The van der Waals surface area contributed by atoms with Crippen molar-refractivity contribution in [2.45, 2.75) is 46.5 Å². The molecule has 0 bridgehead atoms. The molecule has 0 heterocycles. The van der Waals surface area contributed by atoms with Crippen molar-refractivity contribution in [3.05, 3.63) is 0 Å². The van der Waals surface area contributed by atoms with Crippen LogP contribution in [0.1, 0.15) is 46.5 Å². The van der Waals surface area contributed by atoms with Gasteiger partial charge >= 0.3 is 5.97 Å². The Hall–Kier alpha value is -0.860. The summed E-state index contributed by atoms with van der Waals surface area (Å²) in [4.78, 5) is 23.1. The molecule has 0 saturated heterocycles. The van der Waals surface area contributed by atoms with E-state index < -0.39 is 0 Å². The van der Waals surface area contributed by atoms with Gasteiger partial charge in [-0.25, -0.2) is 0 Å². The van der Waals surface area contributed by atoms with E-state index in [1.165, 1.54) is 0 Å². The van der Waals surface area contributed by atoms with Crippen molar-refractivity contribution in [3.8, 4) is 0 Å². The van der Waals surface area contributed by atoms with Crippen LogP contribution < -0.4 is 0 Å². The highest BCUT2D eigenvalue weighted by Gasteiger charge is 2.40. The van der Waals surface area contributed by atoms with E-state index in [4.69, 9.17) is 4.74 Å². The molecule has 0 N–H and O–H groups in total. The van der Waals surface area contributed by atoms with Gasteiger partial charge in [0.2, 0.25) is 0 Å². The highest BCUT2D eigenvalue weighted by atomic mass is 16.5. The van der Waals surface area contributed by atoms with E-state index in [1.54, 1.807) is 6.92 Å². The van der Waals surface area contributed by atoms with Crippen LogP contribution in [0, 0.1) is 11.3 Å². The molecule has 1 fully saturated rings. The van der Waals surface area contributed by atoms with Crippen LogP contribution in [-0.4, -0.2) is 18.4 Å². The number of esters is 1. The first-order chi connectivity index (χ1) is 6.98. The van der Waals surface area contributed by atoms with Gasteiger partial charge in [-0.15, -0.1) is 0 Å². The lowest BCUT2D eigenvalue weighted by Crippen LogP contribution is -2.38. The van der Waals surface area contributed by atoms with Gasteiger partial charge in [-0.2, -0.15) is 0 Å². The van der Waals surface area contributed by atoms with Crippen LogP contribution in [0.15, 0.2) is 0 Å². The SMILES string of the molecule is CCOC(=O)C[C@H]1CCCC(=O)C1(C)C. The van der Waals surface area contributed by atoms with E-state index in [0.29, 0.717) is 19.4 Å². The molecule has 0 aromatic heterocycles. The van der Waals surface area contributed by atoms with Crippen LogP contribution in [0.2, 0.25) is 0 Å². The van der Waals surface area contributed by atoms with Gasteiger partial charge in [0.05, 0.1) is 6.61 Å². The highest BCUT2D eigenvalue weighted by Crippen LogP contribution is 2.39. The molecule has 0 aliphatic heterocycles. The van der Waals surface area contributed by atoms with E-state index in [-0.39, 0.29) is 23.1 Å². The minimum Gasteiger partial charge on any atom is -0.466 e. The first kappa shape index (κ1) is 12.2. The fourth-order valence-corrected chi connectivity index (χ4v) is 2.20. The third-order valence-electron chi connectivity index (χ3n) is 3.41. The Kier molecular flexibility index (Phi) is 3.89. The second-order valence-corrected chi connectivity index (χ2v) is 4.74. The van der Waals surface area contributed by atoms with E-state index >= 15 is 0 Å². The lowest BCUT2D eigenvalue weighted by Gasteiger charge is -2.36. The van der Waals surface area contributed by atoms with Gasteiger partial charge in [0.1, 0.15) is 5.78 Å². The summed E-state index contributed by atoms with van der Waals surface area (Å²) in [5, 5.41) is 0. The summed E-state index contributed by atoms with van der Waals surface area (Å²) in [6.07, 6.45) is 2.91. The molecule has 1 atom stereocenters. The van der Waals surface area contributed by atoms with Gasteiger partial charge in [0, 0.05) is 18.3 Å². The van der Waals surface area contributed by atoms with Gasteiger partial charge in [-0.05, 0) is 25.7 Å². The van der Waals surface area contributed by atoms with Crippen LogP contribution >= 0.6 is 0 Å². The third kappa shape index (κ3) is 2.80. The molecule has 1 saturated carbocycles. The quantitative estimate of drug-likeness (QED) is 0.674. The molecule has 86 valence electrons. The van der Waals surface area contributed by atoms with Crippen molar-refractivity contribution in [1.82, 2.24) is 0 Å². The second-order valence-electron chi connectivity index (χ2n) is 4.74. The predicted molar refractivity (Wildman–Crippen MR) is 57.4 cm³/mol. The van der Waals surface area contributed by atoms with Crippen LogP contribution in [0.3, 0.4) is 0 Å². The summed E-state index contributed by atoms with van der Waals surface area (Å²) < 4.78 is 4.92.